The lowest BCUT2D eigenvalue weighted by atomic mass is 9.95. The van der Waals surface area contributed by atoms with E-state index in [0.29, 0.717) is 45.4 Å². The Bertz CT molecular complexity index is 1640. The molecule has 1 atom stereocenters. The molecule has 2 aromatic heterocycles. The van der Waals surface area contributed by atoms with Gasteiger partial charge in [0.25, 0.3) is 11.8 Å². The van der Waals surface area contributed by atoms with Gasteiger partial charge in [-0.25, -0.2) is 4.79 Å². The number of halogens is 1. The molecule has 1 aliphatic heterocycles. The number of alkyl halides is 1. The van der Waals surface area contributed by atoms with E-state index in [9.17, 15) is 19.5 Å². The number of aromatic hydroxyl groups is 1. The molecule has 0 bridgehead atoms. The van der Waals surface area contributed by atoms with Crippen LogP contribution in [0.2, 0.25) is 0 Å². The molecule has 3 N–H and O–H groups in total. The maximum Gasteiger partial charge on any atom is 0.412 e. The van der Waals surface area contributed by atoms with Crippen molar-refractivity contribution in [2.45, 2.75) is 32.3 Å². The van der Waals surface area contributed by atoms with Gasteiger partial charge >= 0.3 is 6.09 Å². The Morgan fingerprint density at radius 3 is 2.52 bits per heavy atom. The number of fused-ring (bicyclic) bond motifs is 3. The topological polar surface area (TPSA) is 113 Å². The van der Waals surface area contributed by atoms with Gasteiger partial charge in [-0.2, -0.15) is 0 Å². The molecule has 5 rings (SSSR count). The van der Waals surface area contributed by atoms with Crippen LogP contribution in [0.3, 0.4) is 0 Å². The predicted octanol–water partition coefficient (Wildman–Crippen LogP) is 6.53. The van der Waals surface area contributed by atoms with Gasteiger partial charge in [0.15, 0.2) is 0 Å². The van der Waals surface area contributed by atoms with Crippen LogP contribution in [-0.2, 0) is 11.8 Å². The third kappa shape index (κ3) is 5.37. The van der Waals surface area contributed by atoms with Crippen molar-refractivity contribution < 1.29 is 24.2 Å². The molecule has 9 nitrogen and oxygen atoms in total. The van der Waals surface area contributed by atoms with Crippen molar-refractivity contribution in [3.8, 4) is 5.75 Å². The third-order valence-electron chi connectivity index (χ3n) is 6.53. The number of thiophene rings is 1. The Hall–Kier alpha value is -4.02. The minimum atomic E-state index is -0.640. The summed E-state index contributed by atoms with van der Waals surface area (Å²) in [6, 6.07) is 12.3. The van der Waals surface area contributed by atoms with E-state index in [4.69, 9.17) is 16.3 Å². The molecular weight excluding hydrogens is 552 g/mol. The molecular formula is C29H29ClN4O5S. The second-order valence-electron chi connectivity index (χ2n) is 10.6. The maximum absolute atomic E-state index is 13.7. The molecule has 3 heterocycles. The number of ether oxygens (including phenoxy) is 1. The summed E-state index contributed by atoms with van der Waals surface area (Å²) in [4.78, 5) is 40.7. The highest BCUT2D eigenvalue weighted by Gasteiger charge is 2.35. The largest absolute Gasteiger partial charge is 0.507 e. The average molecular weight is 581 g/mol. The quantitative estimate of drug-likeness (QED) is 0.232. The summed E-state index contributed by atoms with van der Waals surface area (Å²) < 4.78 is 6.89. The molecule has 3 amide bonds. The van der Waals surface area contributed by atoms with Gasteiger partial charge in [0, 0.05) is 48.4 Å². The summed E-state index contributed by atoms with van der Waals surface area (Å²) in [5.41, 5.74) is 2.18. The predicted molar refractivity (Wildman–Crippen MR) is 158 cm³/mol. The zero-order valence-electron chi connectivity index (χ0n) is 22.4. The molecule has 0 aliphatic carbocycles. The molecule has 0 spiro atoms. The summed E-state index contributed by atoms with van der Waals surface area (Å²) >= 11 is 7.49. The first kappa shape index (κ1) is 27.5. The van der Waals surface area contributed by atoms with E-state index in [-0.39, 0.29) is 23.5 Å². The number of benzene rings is 2. The van der Waals surface area contributed by atoms with E-state index in [2.05, 4.69) is 10.6 Å². The lowest BCUT2D eigenvalue weighted by Crippen LogP contribution is -2.31. The van der Waals surface area contributed by atoms with Crippen LogP contribution in [0.5, 0.6) is 5.75 Å². The summed E-state index contributed by atoms with van der Waals surface area (Å²) in [7, 11) is 1.73. The van der Waals surface area contributed by atoms with Gasteiger partial charge in [0.05, 0.1) is 21.9 Å². The van der Waals surface area contributed by atoms with Crippen molar-refractivity contribution in [3.05, 3.63) is 70.2 Å². The minimum Gasteiger partial charge on any atom is -0.507 e. The van der Waals surface area contributed by atoms with E-state index in [1.54, 1.807) is 67.1 Å². The first-order valence-electron chi connectivity index (χ1n) is 12.6. The Balaban J connectivity index is 1.34. The number of aromatic nitrogens is 1. The van der Waals surface area contributed by atoms with Crippen LogP contribution in [0.25, 0.3) is 10.8 Å². The highest BCUT2D eigenvalue weighted by Crippen LogP contribution is 2.45. The molecule has 0 saturated carbocycles. The zero-order chi connectivity index (χ0) is 28.8. The van der Waals surface area contributed by atoms with Gasteiger partial charge in [-0.15, -0.1) is 22.9 Å². The number of carbonyl (C=O) groups is 3. The van der Waals surface area contributed by atoms with Gasteiger partial charge in [-0.3, -0.25) is 14.9 Å². The van der Waals surface area contributed by atoms with E-state index in [1.165, 1.54) is 11.3 Å². The first-order valence-corrected chi connectivity index (χ1v) is 14.0. The first-order chi connectivity index (χ1) is 18.9. The summed E-state index contributed by atoms with van der Waals surface area (Å²) in [5, 5.41) is 19.3. The highest BCUT2D eigenvalue weighted by molar-refractivity contribution is 7.12. The van der Waals surface area contributed by atoms with Crippen molar-refractivity contribution in [1.82, 2.24) is 4.57 Å². The average Bonchev–Trinajstić information content (AvgIpc) is 3.59. The number of nitrogens with one attached hydrogen (secondary N) is 2. The van der Waals surface area contributed by atoms with Gasteiger partial charge < -0.3 is 24.6 Å². The van der Waals surface area contributed by atoms with Crippen molar-refractivity contribution in [2.75, 3.05) is 28.0 Å². The van der Waals surface area contributed by atoms with Crippen LogP contribution in [0.1, 0.15) is 52.4 Å². The molecule has 0 radical (unpaired) electrons. The number of rotatable bonds is 5. The zero-order valence-corrected chi connectivity index (χ0v) is 24.0. The Labute approximate surface area is 240 Å². The Morgan fingerprint density at radius 1 is 1.10 bits per heavy atom. The van der Waals surface area contributed by atoms with Gasteiger partial charge in [-0.1, -0.05) is 24.3 Å². The highest BCUT2D eigenvalue weighted by atomic mass is 35.5. The number of phenolic OH excluding ortho intramolecular Hbond substituents is 1. The number of amides is 3. The fraction of sp³-hybridized carbons (Fsp3) is 0.276. The van der Waals surface area contributed by atoms with Crippen molar-refractivity contribution in [2.24, 2.45) is 7.05 Å². The fourth-order valence-electron chi connectivity index (χ4n) is 4.86. The minimum absolute atomic E-state index is 0.0899. The maximum atomic E-state index is 13.7. The smallest absolute Gasteiger partial charge is 0.412 e. The van der Waals surface area contributed by atoms with E-state index in [1.807, 2.05) is 24.3 Å². The molecule has 0 saturated heterocycles. The summed E-state index contributed by atoms with van der Waals surface area (Å²) in [6.45, 7) is 5.67. The lowest BCUT2D eigenvalue weighted by Gasteiger charge is -2.19. The fourth-order valence-corrected chi connectivity index (χ4v) is 5.85. The molecule has 4 aromatic rings. The third-order valence-corrected chi connectivity index (χ3v) is 7.83. The molecule has 2 aromatic carbocycles. The number of carbonyl (C=O) groups excluding carboxylic acids is 3. The van der Waals surface area contributed by atoms with E-state index >= 15 is 0 Å². The van der Waals surface area contributed by atoms with Crippen molar-refractivity contribution in [3.63, 3.8) is 0 Å². The number of anilines is 3. The molecule has 0 unspecified atom stereocenters. The number of hydrogen-bond acceptors (Lipinski definition) is 6. The van der Waals surface area contributed by atoms with Crippen LogP contribution < -0.4 is 15.5 Å². The SMILES string of the molecule is Cn1cc(NC(=O)c2cc(NC(=O)OC(C)(C)C)cs2)cc1C(=O)N1C[C@@H](CCl)c2c1cc(O)c1ccccc21. The normalized spacial score (nSPS) is 14.7. The molecule has 0 fully saturated rings. The van der Waals surface area contributed by atoms with Crippen LogP contribution in [-0.4, -0.2) is 45.6 Å². The Morgan fingerprint density at radius 2 is 1.82 bits per heavy atom. The molecule has 1 aliphatic rings. The van der Waals surface area contributed by atoms with Crippen LogP contribution in [0.15, 0.2) is 54.0 Å². The standard InChI is InChI=1S/C29H29ClN4O5S/c1-29(2,3)39-28(38)32-18-10-24(40-15-18)26(36)31-17-9-22(33(4)14-17)27(37)34-13-16(12-30)25-20-8-6-5-7-19(20)23(35)11-21(25)34/h5-11,14-16,35H,12-13H2,1-4H3,(H,31,36)(H,32,38)/t16-/m1/s1. The molecule has 40 heavy (non-hydrogen) atoms. The van der Waals surface area contributed by atoms with Crippen molar-refractivity contribution >= 4 is 68.7 Å². The summed E-state index contributed by atoms with van der Waals surface area (Å²) in [5.74, 6) is -0.319. The number of nitrogens with zero attached hydrogens (tertiary/aromatic N) is 2. The number of phenols is 1. The van der Waals surface area contributed by atoms with Crippen LogP contribution in [0, 0.1) is 0 Å². The van der Waals surface area contributed by atoms with Gasteiger partial charge in [0.1, 0.15) is 17.0 Å². The van der Waals surface area contributed by atoms with Gasteiger partial charge in [0.2, 0.25) is 0 Å². The lowest BCUT2D eigenvalue weighted by molar-refractivity contribution is 0.0635. The van der Waals surface area contributed by atoms with Crippen LogP contribution in [0.4, 0.5) is 21.9 Å². The van der Waals surface area contributed by atoms with Crippen LogP contribution >= 0.6 is 22.9 Å². The monoisotopic (exact) mass is 580 g/mol. The van der Waals surface area contributed by atoms with E-state index < -0.39 is 11.7 Å². The Kier molecular flexibility index (Phi) is 7.24. The summed E-state index contributed by atoms with van der Waals surface area (Å²) in [6.07, 6.45) is 1.05. The molecule has 11 heteroatoms. The van der Waals surface area contributed by atoms with Crippen molar-refractivity contribution in [1.29, 1.82) is 0 Å². The second-order valence-corrected chi connectivity index (χ2v) is 11.9. The second kappa shape index (κ2) is 10.5. The molecule has 208 valence electrons. The number of aryl methyl sites for hydroxylation is 1. The van der Waals surface area contributed by atoms with Gasteiger partial charge in [-0.05, 0) is 43.9 Å². The number of hydrogen-bond donors (Lipinski definition) is 3. The van der Waals surface area contributed by atoms with E-state index in [0.717, 1.165) is 10.9 Å².